The summed E-state index contributed by atoms with van der Waals surface area (Å²) in [4.78, 5) is 14.0. The lowest BCUT2D eigenvalue weighted by Gasteiger charge is -2.48. The van der Waals surface area contributed by atoms with Gasteiger partial charge in [-0.25, -0.2) is 0 Å². The molecular weight excluding hydrogens is 553 g/mol. The van der Waals surface area contributed by atoms with Gasteiger partial charge in [0.1, 0.15) is 0 Å². The highest BCUT2D eigenvalue weighted by Crippen LogP contribution is 2.43. The minimum absolute atomic E-state index is 0.0375. The molecule has 3 nitrogen and oxygen atoms in total. The number of carbonyl (C=O) groups is 1. The minimum atomic E-state index is -4.91. The fourth-order valence-corrected chi connectivity index (χ4v) is 5.78. The van der Waals surface area contributed by atoms with E-state index in [4.69, 9.17) is 4.74 Å². The maximum atomic E-state index is 13.9. The number of likely N-dealkylation sites (tertiary alicyclic amines) is 1. The molecular formula is C28H32F9NO2. The Morgan fingerprint density at radius 1 is 0.975 bits per heavy atom. The Balaban J connectivity index is 2.04. The highest BCUT2D eigenvalue weighted by Gasteiger charge is 2.43. The van der Waals surface area contributed by atoms with E-state index < -0.39 is 71.3 Å². The Kier molecular flexibility index (Phi) is 10.1. The number of esters is 1. The van der Waals surface area contributed by atoms with Gasteiger partial charge in [-0.2, -0.15) is 39.5 Å². The first-order valence-corrected chi connectivity index (χ1v) is 13.2. The third-order valence-electron chi connectivity index (χ3n) is 7.50. The average molecular weight is 586 g/mol. The molecule has 0 bridgehead atoms. The maximum Gasteiger partial charge on any atom is 0.416 e. The first kappa shape index (κ1) is 32.0. The third kappa shape index (κ3) is 8.04. The second-order valence-electron chi connectivity index (χ2n) is 10.3. The van der Waals surface area contributed by atoms with Crippen LogP contribution in [0, 0.1) is 11.8 Å². The van der Waals surface area contributed by atoms with Gasteiger partial charge < -0.3 is 4.74 Å². The fraction of sp³-hybridized carbons (Fsp3) is 0.607. The second-order valence-corrected chi connectivity index (χ2v) is 10.3. The molecule has 1 unspecified atom stereocenters. The molecule has 1 aliphatic carbocycles. The predicted octanol–water partition coefficient (Wildman–Crippen LogP) is 8.49. The lowest BCUT2D eigenvalue weighted by atomic mass is 9.76. The van der Waals surface area contributed by atoms with E-state index >= 15 is 0 Å². The highest BCUT2D eigenvalue weighted by atomic mass is 19.4. The van der Waals surface area contributed by atoms with Crippen molar-refractivity contribution in [2.45, 2.75) is 89.5 Å². The van der Waals surface area contributed by atoms with Crippen molar-refractivity contribution in [3.05, 3.63) is 58.7 Å². The van der Waals surface area contributed by atoms with Gasteiger partial charge in [-0.05, 0) is 68.2 Å². The number of piperidine rings is 1. The smallest absolute Gasteiger partial charge is 0.416 e. The first-order chi connectivity index (χ1) is 18.5. The summed E-state index contributed by atoms with van der Waals surface area (Å²) in [6, 6.07) is 0.315. The molecule has 0 saturated carbocycles. The number of hydrogen-bond donors (Lipinski definition) is 0. The lowest BCUT2D eigenvalue weighted by Crippen LogP contribution is -2.52. The number of rotatable bonds is 8. The SMILES string of the molecule is CCC[C@H]1C[C@H](CC(=O)OCC)C[C@H](C2C=CC(C(F)(F)F)=CC2)N1Cc1cc(C(F)(F)F)ccc1C(F)(F)F. The van der Waals surface area contributed by atoms with Crippen LogP contribution in [0.4, 0.5) is 39.5 Å². The number of nitrogens with zero attached hydrogens (tertiary/aromatic N) is 1. The van der Waals surface area contributed by atoms with Crippen molar-refractivity contribution in [2.24, 2.45) is 11.8 Å². The maximum absolute atomic E-state index is 13.9. The Morgan fingerprint density at radius 3 is 2.20 bits per heavy atom. The van der Waals surface area contributed by atoms with Gasteiger partial charge in [0.15, 0.2) is 0 Å². The molecule has 0 amide bonds. The average Bonchev–Trinajstić information content (AvgIpc) is 2.84. The topological polar surface area (TPSA) is 29.5 Å². The number of benzene rings is 1. The molecule has 0 aromatic heterocycles. The van der Waals surface area contributed by atoms with E-state index in [1.807, 2.05) is 6.92 Å². The van der Waals surface area contributed by atoms with Gasteiger partial charge >= 0.3 is 24.5 Å². The lowest BCUT2D eigenvalue weighted by molar-refractivity contribution is -0.145. The van der Waals surface area contributed by atoms with E-state index in [9.17, 15) is 44.3 Å². The van der Waals surface area contributed by atoms with Crippen molar-refractivity contribution < 1.29 is 49.0 Å². The minimum Gasteiger partial charge on any atom is -0.466 e. The molecule has 4 atom stereocenters. The van der Waals surface area contributed by atoms with Crippen LogP contribution in [0.3, 0.4) is 0 Å². The zero-order valence-corrected chi connectivity index (χ0v) is 22.1. The van der Waals surface area contributed by atoms with E-state index in [2.05, 4.69) is 0 Å². The molecule has 40 heavy (non-hydrogen) atoms. The molecule has 224 valence electrons. The summed E-state index contributed by atoms with van der Waals surface area (Å²) in [5, 5.41) is 0. The highest BCUT2D eigenvalue weighted by molar-refractivity contribution is 5.69. The number of carbonyl (C=O) groups excluding carboxylic acids is 1. The summed E-state index contributed by atoms with van der Waals surface area (Å²) < 4.78 is 127. The predicted molar refractivity (Wildman–Crippen MR) is 130 cm³/mol. The monoisotopic (exact) mass is 585 g/mol. The summed E-state index contributed by atoms with van der Waals surface area (Å²) in [6.07, 6.45) is -9.28. The Bertz CT molecular complexity index is 1090. The van der Waals surface area contributed by atoms with Crippen LogP contribution in [0.2, 0.25) is 0 Å². The van der Waals surface area contributed by atoms with E-state index in [0.29, 0.717) is 37.5 Å². The van der Waals surface area contributed by atoms with Crippen molar-refractivity contribution >= 4 is 5.97 Å². The van der Waals surface area contributed by atoms with Crippen LogP contribution in [0.15, 0.2) is 42.0 Å². The fourth-order valence-electron chi connectivity index (χ4n) is 5.78. The van der Waals surface area contributed by atoms with Crippen LogP contribution in [0.5, 0.6) is 0 Å². The quantitative estimate of drug-likeness (QED) is 0.226. The molecule has 12 heteroatoms. The molecule has 1 aromatic rings. The zero-order valence-electron chi connectivity index (χ0n) is 22.1. The van der Waals surface area contributed by atoms with Gasteiger partial charge in [-0.3, -0.25) is 9.69 Å². The molecule has 0 spiro atoms. The molecule has 1 saturated heterocycles. The number of ether oxygens (including phenoxy) is 1. The largest absolute Gasteiger partial charge is 0.466 e. The normalized spacial score (nSPS) is 24.6. The molecule has 2 aliphatic rings. The van der Waals surface area contributed by atoms with Gasteiger partial charge in [0.25, 0.3) is 0 Å². The molecule has 0 N–H and O–H groups in total. The standard InChI is InChI=1S/C28H32F9NO2/c1-3-5-22-12-17(14-25(39)40-4-2)13-24(18-6-8-20(9-7-18)26(29,30)31)38(22)16-19-15-21(27(32,33)34)10-11-23(19)28(35,36)37/h6,8-11,15,17-18,22,24H,3-5,7,12-14,16H2,1-2H3/t17-,18?,22-,24+/m0/s1. The second kappa shape index (κ2) is 12.6. The van der Waals surface area contributed by atoms with Crippen molar-refractivity contribution in [2.75, 3.05) is 6.61 Å². The van der Waals surface area contributed by atoms with E-state index in [1.165, 1.54) is 6.08 Å². The van der Waals surface area contributed by atoms with Gasteiger partial charge in [-0.15, -0.1) is 0 Å². The van der Waals surface area contributed by atoms with Crippen LogP contribution < -0.4 is 0 Å². The molecule has 1 fully saturated rings. The molecule has 1 heterocycles. The Hall–Kier alpha value is -2.50. The van der Waals surface area contributed by atoms with Crippen LogP contribution >= 0.6 is 0 Å². The molecule has 1 aromatic carbocycles. The number of halogens is 9. The van der Waals surface area contributed by atoms with E-state index in [0.717, 1.165) is 12.2 Å². The summed E-state index contributed by atoms with van der Waals surface area (Å²) in [7, 11) is 0. The summed E-state index contributed by atoms with van der Waals surface area (Å²) in [5.41, 5.74) is -3.80. The van der Waals surface area contributed by atoms with Crippen molar-refractivity contribution in [1.82, 2.24) is 4.90 Å². The van der Waals surface area contributed by atoms with Gasteiger partial charge in [0.2, 0.25) is 0 Å². The summed E-state index contributed by atoms with van der Waals surface area (Å²) >= 11 is 0. The van der Waals surface area contributed by atoms with Crippen molar-refractivity contribution in [1.29, 1.82) is 0 Å². The number of alkyl halides is 9. The van der Waals surface area contributed by atoms with Crippen molar-refractivity contribution in [3.63, 3.8) is 0 Å². The van der Waals surface area contributed by atoms with Crippen LogP contribution in [-0.4, -0.2) is 35.7 Å². The number of hydrogen-bond acceptors (Lipinski definition) is 3. The Morgan fingerprint density at radius 2 is 1.68 bits per heavy atom. The third-order valence-corrected chi connectivity index (χ3v) is 7.50. The molecule has 0 radical (unpaired) electrons. The van der Waals surface area contributed by atoms with Crippen LogP contribution in [-0.2, 0) is 28.4 Å². The van der Waals surface area contributed by atoms with Gasteiger partial charge in [-0.1, -0.05) is 31.6 Å². The first-order valence-electron chi connectivity index (χ1n) is 13.2. The van der Waals surface area contributed by atoms with Crippen LogP contribution in [0.1, 0.15) is 69.1 Å². The summed E-state index contributed by atoms with van der Waals surface area (Å²) in [5.74, 6) is -1.25. The number of allylic oxidation sites excluding steroid dienone is 3. The molecule has 1 aliphatic heterocycles. The van der Waals surface area contributed by atoms with E-state index in [1.54, 1.807) is 11.8 Å². The molecule has 3 rings (SSSR count). The van der Waals surface area contributed by atoms with Gasteiger partial charge in [0, 0.05) is 25.0 Å². The van der Waals surface area contributed by atoms with Crippen LogP contribution in [0.25, 0.3) is 0 Å². The summed E-state index contributed by atoms with van der Waals surface area (Å²) in [6.45, 7) is 3.19. The van der Waals surface area contributed by atoms with E-state index in [-0.39, 0.29) is 31.8 Å². The Labute approximate surface area is 227 Å². The van der Waals surface area contributed by atoms with Gasteiger partial charge in [0.05, 0.1) is 23.3 Å². The zero-order chi connectivity index (χ0) is 29.9. The van der Waals surface area contributed by atoms with Crippen molar-refractivity contribution in [3.8, 4) is 0 Å².